The lowest BCUT2D eigenvalue weighted by molar-refractivity contribution is 0.475. The summed E-state index contributed by atoms with van der Waals surface area (Å²) in [7, 11) is 0. The number of aromatic hydroxyl groups is 1. The minimum Gasteiger partial charge on any atom is -0.507 e. The molecule has 0 spiro atoms. The van der Waals surface area contributed by atoms with Crippen LogP contribution < -0.4 is 16.8 Å². The molecule has 0 unspecified atom stereocenters. The molecule has 0 atom stereocenters. The lowest BCUT2D eigenvalue weighted by Gasteiger charge is -2.17. The summed E-state index contributed by atoms with van der Waals surface area (Å²) in [6.45, 7) is 5.56. The SMILES string of the molecule is CC(C)(C)c1nnc(N/N=C/c2c(O)ccc3ccccc23)n(N)c1=O. The average Bonchev–Trinajstić information content (AvgIpc) is 2.59. The van der Waals surface area contributed by atoms with E-state index in [9.17, 15) is 9.90 Å². The Labute approximate surface area is 150 Å². The topological polar surface area (TPSA) is 118 Å². The fourth-order valence-electron chi connectivity index (χ4n) is 2.52. The fraction of sp³-hybridized carbons (Fsp3) is 0.222. The predicted octanol–water partition coefficient (Wildman–Crippen LogP) is 1.95. The zero-order valence-corrected chi connectivity index (χ0v) is 14.8. The van der Waals surface area contributed by atoms with E-state index in [-0.39, 0.29) is 17.4 Å². The molecule has 0 saturated carbocycles. The van der Waals surface area contributed by atoms with Crippen molar-refractivity contribution in [1.29, 1.82) is 0 Å². The van der Waals surface area contributed by atoms with Crippen LogP contribution in [0.4, 0.5) is 5.95 Å². The molecule has 1 heterocycles. The molecule has 26 heavy (non-hydrogen) atoms. The standard InChI is InChI=1S/C18H20N6O2/c1-18(2,3)15-16(26)24(19)17(23-21-15)22-20-10-13-12-7-5-4-6-11(12)8-9-14(13)25/h4-10,25H,19H2,1-3H3,(H,22,23)/b20-10+. The van der Waals surface area contributed by atoms with Crippen LogP contribution in [0, 0.1) is 0 Å². The Kier molecular flexibility index (Phi) is 4.33. The Morgan fingerprint density at radius 3 is 2.65 bits per heavy atom. The number of fused-ring (bicyclic) bond motifs is 1. The van der Waals surface area contributed by atoms with E-state index < -0.39 is 11.0 Å². The van der Waals surface area contributed by atoms with Crippen molar-refractivity contribution in [2.24, 2.45) is 5.10 Å². The number of nitrogens with zero attached hydrogens (tertiary/aromatic N) is 4. The molecule has 2 aromatic carbocycles. The van der Waals surface area contributed by atoms with Gasteiger partial charge in [-0.2, -0.15) is 9.78 Å². The van der Waals surface area contributed by atoms with E-state index >= 15 is 0 Å². The van der Waals surface area contributed by atoms with Crippen molar-refractivity contribution in [3.63, 3.8) is 0 Å². The van der Waals surface area contributed by atoms with Crippen molar-refractivity contribution in [1.82, 2.24) is 14.9 Å². The first kappa shape index (κ1) is 17.4. The van der Waals surface area contributed by atoms with Crippen LogP contribution in [0.1, 0.15) is 32.0 Å². The number of rotatable bonds is 3. The Morgan fingerprint density at radius 2 is 1.92 bits per heavy atom. The number of hydrogen-bond donors (Lipinski definition) is 3. The summed E-state index contributed by atoms with van der Waals surface area (Å²) in [5.74, 6) is 5.89. The summed E-state index contributed by atoms with van der Waals surface area (Å²) >= 11 is 0. The number of nitrogens with one attached hydrogen (secondary N) is 1. The summed E-state index contributed by atoms with van der Waals surface area (Å²) in [4.78, 5) is 12.3. The number of phenols is 1. The number of nitrogens with two attached hydrogens (primary N) is 1. The summed E-state index contributed by atoms with van der Waals surface area (Å²) in [5, 5.41) is 23.8. The second-order valence-electron chi connectivity index (χ2n) is 6.89. The van der Waals surface area contributed by atoms with Crippen molar-refractivity contribution in [2.75, 3.05) is 11.3 Å². The number of anilines is 1. The first-order chi connectivity index (χ1) is 12.3. The fourth-order valence-corrected chi connectivity index (χ4v) is 2.52. The number of hydrogen-bond acceptors (Lipinski definition) is 7. The maximum absolute atomic E-state index is 12.3. The van der Waals surface area contributed by atoms with Gasteiger partial charge in [-0.1, -0.05) is 51.1 Å². The quantitative estimate of drug-likeness (QED) is 0.377. The number of nitrogen functional groups attached to an aromatic ring is 1. The highest BCUT2D eigenvalue weighted by molar-refractivity contribution is 6.02. The normalized spacial score (nSPS) is 12.0. The second-order valence-corrected chi connectivity index (χ2v) is 6.89. The molecule has 0 aliphatic carbocycles. The molecule has 3 aromatic rings. The molecular formula is C18H20N6O2. The smallest absolute Gasteiger partial charge is 0.295 e. The number of phenolic OH excluding ortho intramolecular Hbond substituents is 1. The van der Waals surface area contributed by atoms with Gasteiger partial charge >= 0.3 is 0 Å². The molecule has 0 bridgehead atoms. The van der Waals surface area contributed by atoms with Crippen molar-refractivity contribution >= 4 is 22.9 Å². The van der Waals surface area contributed by atoms with E-state index in [1.165, 1.54) is 6.21 Å². The van der Waals surface area contributed by atoms with Crippen LogP contribution in [0.2, 0.25) is 0 Å². The monoisotopic (exact) mass is 352 g/mol. The summed E-state index contributed by atoms with van der Waals surface area (Å²) in [6.07, 6.45) is 1.45. The van der Waals surface area contributed by atoms with Crippen LogP contribution in [0.5, 0.6) is 5.75 Å². The molecule has 4 N–H and O–H groups in total. The number of benzene rings is 2. The molecule has 0 aliphatic rings. The molecule has 3 rings (SSSR count). The third-order valence-corrected chi connectivity index (χ3v) is 3.91. The van der Waals surface area contributed by atoms with Crippen LogP contribution in [0.3, 0.4) is 0 Å². The van der Waals surface area contributed by atoms with Gasteiger partial charge in [-0.05, 0) is 16.8 Å². The van der Waals surface area contributed by atoms with Crippen molar-refractivity contribution < 1.29 is 5.11 Å². The average molecular weight is 352 g/mol. The second kappa shape index (κ2) is 6.47. The molecule has 0 amide bonds. The van der Waals surface area contributed by atoms with Gasteiger partial charge in [0.2, 0.25) is 0 Å². The van der Waals surface area contributed by atoms with Crippen LogP contribution in [0.25, 0.3) is 10.8 Å². The van der Waals surface area contributed by atoms with Gasteiger partial charge in [-0.3, -0.25) is 4.79 Å². The minimum absolute atomic E-state index is 0.000948. The van der Waals surface area contributed by atoms with Crippen LogP contribution in [-0.4, -0.2) is 26.2 Å². The molecule has 8 heteroatoms. The van der Waals surface area contributed by atoms with Crippen LogP contribution >= 0.6 is 0 Å². The van der Waals surface area contributed by atoms with E-state index in [1.807, 2.05) is 51.1 Å². The van der Waals surface area contributed by atoms with Crippen molar-refractivity contribution in [3.8, 4) is 5.75 Å². The van der Waals surface area contributed by atoms with Gasteiger partial charge in [0, 0.05) is 11.0 Å². The highest BCUT2D eigenvalue weighted by Crippen LogP contribution is 2.25. The molecule has 8 nitrogen and oxygen atoms in total. The predicted molar refractivity (Wildman–Crippen MR) is 102 cm³/mol. The first-order valence-corrected chi connectivity index (χ1v) is 8.04. The van der Waals surface area contributed by atoms with Gasteiger partial charge in [0.05, 0.1) is 6.21 Å². The third kappa shape index (κ3) is 3.21. The summed E-state index contributed by atoms with van der Waals surface area (Å²) < 4.78 is 0.869. The summed E-state index contributed by atoms with van der Waals surface area (Å²) in [5.41, 5.74) is 2.49. The van der Waals surface area contributed by atoms with E-state index in [1.54, 1.807) is 6.07 Å². The maximum atomic E-state index is 12.3. The van der Waals surface area contributed by atoms with Gasteiger partial charge < -0.3 is 10.9 Å². The van der Waals surface area contributed by atoms with Crippen molar-refractivity contribution in [2.45, 2.75) is 26.2 Å². The van der Waals surface area contributed by atoms with Gasteiger partial charge in [-0.15, -0.1) is 10.2 Å². The highest BCUT2D eigenvalue weighted by Gasteiger charge is 2.22. The van der Waals surface area contributed by atoms with Crippen molar-refractivity contribution in [3.05, 3.63) is 58.0 Å². The molecule has 134 valence electrons. The molecule has 0 fully saturated rings. The zero-order valence-electron chi connectivity index (χ0n) is 14.8. The Morgan fingerprint density at radius 1 is 1.19 bits per heavy atom. The van der Waals surface area contributed by atoms with Gasteiger partial charge in [0.25, 0.3) is 11.5 Å². The lowest BCUT2D eigenvalue weighted by atomic mass is 9.93. The van der Waals surface area contributed by atoms with Gasteiger partial charge in [-0.25, -0.2) is 5.43 Å². The molecular weight excluding hydrogens is 332 g/mol. The number of hydrazone groups is 1. The maximum Gasteiger partial charge on any atom is 0.295 e. The Balaban J connectivity index is 1.92. The van der Waals surface area contributed by atoms with E-state index in [0.29, 0.717) is 5.56 Å². The Bertz CT molecular complexity index is 1050. The van der Waals surface area contributed by atoms with Crippen LogP contribution in [0.15, 0.2) is 46.3 Å². The molecule has 0 radical (unpaired) electrons. The Hall–Kier alpha value is -3.42. The lowest BCUT2D eigenvalue weighted by Crippen LogP contribution is -2.38. The molecule has 1 aromatic heterocycles. The van der Waals surface area contributed by atoms with Gasteiger partial charge in [0.15, 0.2) is 0 Å². The number of aromatic nitrogens is 3. The minimum atomic E-state index is -0.470. The van der Waals surface area contributed by atoms with E-state index in [4.69, 9.17) is 5.84 Å². The largest absolute Gasteiger partial charge is 0.507 e. The van der Waals surface area contributed by atoms with E-state index in [2.05, 4.69) is 20.7 Å². The highest BCUT2D eigenvalue weighted by atomic mass is 16.3. The first-order valence-electron chi connectivity index (χ1n) is 8.04. The molecule has 0 saturated heterocycles. The van der Waals surface area contributed by atoms with E-state index in [0.717, 1.165) is 15.4 Å². The molecule has 0 aliphatic heterocycles. The summed E-state index contributed by atoms with van der Waals surface area (Å²) in [6, 6.07) is 11.0. The van der Waals surface area contributed by atoms with Gasteiger partial charge in [0.1, 0.15) is 11.4 Å². The van der Waals surface area contributed by atoms with Crippen LogP contribution in [-0.2, 0) is 5.41 Å². The third-order valence-electron chi connectivity index (χ3n) is 3.91. The zero-order chi connectivity index (χ0) is 18.9.